The van der Waals surface area contributed by atoms with Gasteiger partial charge in [-0.3, -0.25) is 5.73 Å². The first-order valence-electron chi connectivity index (χ1n) is 3.46. The fraction of sp³-hybridized carbons (Fsp3) is 0.857. The molecule has 0 spiro atoms. The summed E-state index contributed by atoms with van der Waals surface area (Å²) < 4.78 is 0. The van der Waals surface area contributed by atoms with Crippen molar-refractivity contribution < 1.29 is 0 Å². The monoisotopic (exact) mass is 128 g/mol. The predicted molar refractivity (Wildman–Crippen MR) is 40.0 cm³/mol. The molecule has 0 bridgehead atoms. The Balaban J connectivity index is 3.09. The maximum atomic E-state index is 6.90. The Hall–Kier alpha value is -0.0800. The maximum absolute atomic E-state index is 6.90. The molecule has 2 nitrogen and oxygen atoms in total. The molecule has 0 aromatic rings. The molecule has 0 aliphatic heterocycles. The Labute approximate surface area is 57.8 Å². The highest BCUT2D eigenvalue weighted by Crippen LogP contribution is 1.98. The first kappa shape index (κ1) is 8.92. The molecule has 54 valence electrons. The van der Waals surface area contributed by atoms with Crippen LogP contribution in [0.5, 0.6) is 0 Å². The van der Waals surface area contributed by atoms with Crippen molar-refractivity contribution in [3.8, 4) is 0 Å². The van der Waals surface area contributed by atoms with Gasteiger partial charge in [0.05, 0.1) is 0 Å². The van der Waals surface area contributed by atoms with E-state index in [0.29, 0.717) is 12.6 Å². The summed E-state index contributed by atoms with van der Waals surface area (Å²) in [5, 5.41) is 3.14. The normalized spacial score (nSPS) is 13.7. The SMILES string of the molecule is [CH2]CC(CCC[NH])NC. The third-order valence-corrected chi connectivity index (χ3v) is 1.49. The summed E-state index contributed by atoms with van der Waals surface area (Å²) in [6.45, 7) is 4.33. The van der Waals surface area contributed by atoms with Gasteiger partial charge in [0.2, 0.25) is 0 Å². The molecule has 0 saturated carbocycles. The van der Waals surface area contributed by atoms with Crippen LogP contribution in [-0.2, 0) is 0 Å². The van der Waals surface area contributed by atoms with Crippen molar-refractivity contribution in [2.75, 3.05) is 13.6 Å². The third kappa shape index (κ3) is 4.43. The molecule has 0 saturated heterocycles. The van der Waals surface area contributed by atoms with Gasteiger partial charge in [-0.1, -0.05) is 6.92 Å². The van der Waals surface area contributed by atoms with Gasteiger partial charge in [0.25, 0.3) is 0 Å². The van der Waals surface area contributed by atoms with Crippen LogP contribution >= 0.6 is 0 Å². The standard InChI is InChI=1S/C7H16N2/c1-3-7(9-2)5-4-6-8/h7-9H,1,3-6H2,2H3. The molecule has 1 unspecified atom stereocenters. The number of hydrogen-bond acceptors (Lipinski definition) is 1. The number of rotatable bonds is 5. The zero-order valence-corrected chi connectivity index (χ0v) is 6.11. The van der Waals surface area contributed by atoms with Gasteiger partial charge in [0.1, 0.15) is 0 Å². The fourth-order valence-electron chi connectivity index (χ4n) is 0.781. The molecule has 0 fully saturated rings. The lowest BCUT2D eigenvalue weighted by atomic mass is 10.1. The van der Waals surface area contributed by atoms with Gasteiger partial charge in [0.15, 0.2) is 0 Å². The number of nitrogens with one attached hydrogen (secondary N) is 2. The van der Waals surface area contributed by atoms with Crippen LogP contribution in [0.15, 0.2) is 0 Å². The third-order valence-electron chi connectivity index (χ3n) is 1.49. The largest absolute Gasteiger partial charge is 0.317 e. The zero-order valence-electron chi connectivity index (χ0n) is 6.11. The maximum Gasteiger partial charge on any atom is 0.0100 e. The lowest BCUT2D eigenvalue weighted by molar-refractivity contribution is 0.510. The summed E-state index contributed by atoms with van der Waals surface area (Å²) in [4.78, 5) is 0. The highest BCUT2D eigenvalue weighted by Gasteiger charge is 1.99. The van der Waals surface area contributed by atoms with Gasteiger partial charge in [-0.05, 0) is 26.3 Å². The Morgan fingerprint density at radius 2 is 2.33 bits per heavy atom. The van der Waals surface area contributed by atoms with Crippen molar-refractivity contribution in [3.05, 3.63) is 6.92 Å². The fourth-order valence-corrected chi connectivity index (χ4v) is 0.781. The van der Waals surface area contributed by atoms with E-state index in [2.05, 4.69) is 12.2 Å². The molecule has 0 aromatic heterocycles. The molecule has 0 rings (SSSR count). The summed E-state index contributed by atoms with van der Waals surface area (Å²) in [6.07, 6.45) is 3.00. The Kier molecular flexibility index (Phi) is 5.99. The van der Waals surface area contributed by atoms with Crippen molar-refractivity contribution >= 4 is 0 Å². The molecule has 2 radical (unpaired) electrons. The lowest BCUT2D eigenvalue weighted by Gasteiger charge is -2.11. The van der Waals surface area contributed by atoms with E-state index in [1.165, 1.54) is 0 Å². The van der Waals surface area contributed by atoms with E-state index in [1.807, 2.05) is 7.05 Å². The van der Waals surface area contributed by atoms with Crippen LogP contribution in [0.25, 0.3) is 0 Å². The second-order valence-corrected chi connectivity index (χ2v) is 2.17. The van der Waals surface area contributed by atoms with Gasteiger partial charge < -0.3 is 5.32 Å². The van der Waals surface area contributed by atoms with E-state index >= 15 is 0 Å². The van der Waals surface area contributed by atoms with E-state index < -0.39 is 0 Å². The molecule has 9 heavy (non-hydrogen) atoms. The van der Waals surface area contributed by atoms with Crippen LogP contribution in [-0.4, -0.2) is 19.6 Å². The minimum Gasteiger partial charge on any atom is -0.317 e. The zero-order chi connectivity index (χ0) is 7.11. The predicted octanol–water partition coefficient (Wildman–Crippen LogP) is 0.862. The lowest BCUT2D eigenvalue weighted by Crippen LogP contribution is -2.24. The molecule has 1 atom stereocenters. The average Bonchev–Trinajstić information content (AvgIpc) is 1.91. The molecule has 0 amide bonds. The quantitative estimate of drug-likeness (QED) is 0.585. The minimum atomic E-state index is 0.523. The average molecular weight is 128 g/mol. The van der Waals surface area contributed by atoms with E-state index in [-0.39, 0.29) is 0 Å². The van der Waals surface area contributed by atoms with Crippen LogP contribution < -0.4 is 11.1 Å². The second-order valence-electron chi connectivity index (χ2n) is 2.17. The Morgan fingerprint density at radius 3 is 2.67 bits per heavy atom. The molecular formula is C7H16N2. The van der Waals surface area contributed by atoms with Crippen molar-refractivity contribution in [2.45, 2.75) is 25.3 Å². The van der Waals surface area contributed by atoms with Crippen molar-refractivity contribution in [1.29, 1.82) is 0 Å². The molecule has 0 aliphatic carbocycles. The molecular weight excluding hydrogens is 112 g/mol. The molecule has 2 N–H and O–H groups in total. The highest BCUT2D eigenvalue weighted by atomic mass is 14.9. The van der Waals surface area contributed by atoms with Crippen LogP contribution in [0.3, 0.4) is 0 Å². The molecule has 0 aliphatic rings. The van der Waals surface area contributed by atoms with Crippen LogP contribution in [0.4, 0.5) is 0 Å². The van der Waals surface area contributed by atoms with E-state index in [4.69, 9.17) is 5.73 Å². The Bertz CT molecular complexity index is 50.9. The molecule has 2 heteroatoms. The highest BCUT2D eigenvalue weighted by molar-refractivity contribution is 4.64. The Morgan fingerprint density at radius 1 is 1.67 bits per heavy atom. The first-order valence-corrected chi connectivity index (χ1v) is 3.46. The topological polar surface area (TPSA) is 35.8 Å². The smallest absolute Gasteiger partial charge is 0.0100 e. The van der Waals surface area contributed by atoms with Crippen molar-refractivity contribution in [1.82, 2.24) is 11.1 Å². The minimum absolute atomic E-state index is 0.523. The van der Waals surface area contributed by atoms with Crippen molar-refractivity contribution in [3.63, 3.8) is 0 Å². The summed E-state index contributed by atoms with van der Waals surface area (Å²) in [6, 6.07) is 0.523. The summed E-state index contributed by atoms with van der Waals surface area (Å²) in [5.41, 5.74) is 6.90. The van der Waals surface area contributed by atoms with Gasteiger partial charge in [0, 0.05) is 12.6 Å². The van der Waals surface area contributed by atoms with Crippen LogP contribution in [0, 0.1) is 6.92 Å². The first-order chi connectivity index (χ1) is 4.35. The van der Waals surface area contributed by atoms with Crippen LogP contribution in [0.1, 0.15) is 19.3 Å². The summed E-state index contributed by atoms with van der Waals surface area (Å²) in [5.74, 6) is 0. The number of hydrogen-bond donors (Lipinski definition) is 1. The van der Waals surface area contributed by atoms with Crippen LogP contribution in [0.2, 0.25) is 0 Å². The van der Waals surface area contributed by atoms with E-state index in [9.17, 15) is 0 Å². The summed E-state index contributed by atoms with van der Waals surface area (Å²) in [7, 11) is 1.94. The summed E-state index contributed by atoms with van der Waals surface area (Å²) >= 11 is 0. The molecule has 0 heterocycles. The van der Waals surface area contributed by atoms with E-state index in [0.717, 1.165) is 19.3 Å². The van der Waals surface area contributed by atoms with Gasteiger partial charge in [-0.2, -0.15) is 0 Å². The molecule has 0 aromatic carbocycles. The van der Waals surface area contributed by atoms with Crippen molar-refractivity contribution in [2.24, 2.45) is 0 Å². The van der Waals surface area contributed by atoms with Gasteiger partial charge in [-0.15, -0.1) is 0 Å². The second kappa shape index (κ2) is 6.05. The van der Waals surface area contributed by atoms with E-state index in [1.54, 1.807) is 0 Å². The van der Waals surface area contributed by atoms with Gasteiger partial charge >= 0.3 is 0 Å². The van der Waals surface area contributed by atoms with Gasteiger partial charge in [-0.25, -0.2) is 0 Å².